The van der Waals surface area contributed by atoms with Crippen LogP contribution in [0.2, 0.25) is 0 Å². The lowest BCUT2D eigenvalue weighted by Crippen LogP contribution is -2.51. The van der Waals surface area contributed by atoms with Gasteiger partial charge in [0, 0.05) is 61.6 Å². The maximum absolute atomic E-state index is 13.9. The first-order valence-electron chi connectivity index (χ1n) is 16.4. The van der Waals surface area contributed by atoms with Crippen molar-refractivity contribution in [1.82, 2.24) is 38.9 Å². The summed E-state index contributed by atoms with van der Waals surface area (Å²) in [6.45, 7) is 2.42. The maximum atomic E-state index is 13.9. The van der Waals surface area contributed by atoms with Crippen molar-refractivity contribution in [3.63, 3.8) is 0 Å². The van der Waals surface area contributed by atoms with Crippen molar-refractivity contribution in [2.75, 3.05) is 32.5 Å². The average molecular weight is 633 g/mol. The molecule has 0 spiro atoms. The van der Waals surface area contributed by atoms with Gasteiger partial charge in [0.1, 0.15) is 22.6 Å². The highest BCUT2D eigenvalue weighted by molar-refractivity contribution is 6.01. The molecule has 5 aromatic rings. The molecule has 2 aliphatic carbocycles. The third-order valence-electron chi connectivity index (χ3n) is 10.6. The molecule has 13 nitrogen and oxygen atoms in total. The fraction of sp³-hybridized carbons (Fsp3) is 0.412. The first-order chi connectivity index (χ1) is 22.9. The van der Waals surface area contributed by atoms with Crippen LogP contribution in [-0.2, 0) is 6.54 Å². The van der Waals surface area contributed by atoms with Gasteiger partial charge in [-0.25, -0.2) is 19.9 Å². The molecule has 47 heavy (non-hydrogen) atoms. The minimum atomic E-state index is -0.202. The second-order valence-electron chi connectivity index (χ2n) is 13.5. The Bertz CT molecular complexity index is 2080. The predicted octanol–water partition coefficient (Wildman–Crippen LogP) is 3.10. The van der Waals surface area contributed by atoms with Crippen molar-refractivity contribution in [3.05, 3.63) is 60.0 Å². The van der Waals surface area contributed by atoms with Crippen LogP contribution >= 0.6 is 0 Å². The number of amides is 2. The van der Waals surface area contributed by atoms with Gasteiger partial charge in [-0.3, -0.25) is 9.59 Å². The Kier molecular flexibility index (Phi) is 6.30. The summed E-state index contributed by atoms with van der Waals surface area (Å²) < 4.78 is 10.5. The van der Waals surface area contributed by atoms with E-state index in [-0.39, 0.29) is 41.6 Å². The summed E-state index contributed by atoms with van der Waals surface area (Å²) in [6.07, 6.45) is 7.71. The van der Waals surface area contributed by atoms with E-state index in [1.54, 1.807) is 18.1 Å². The molecule has 4 N–H and O–H groups in total. The number of methoxy groups -OCH3 is 1. The molecule has 4 fully saturated rings. The van der Waals surface area contributed by atoms with E-state index in [1.165, 1.54) is 19.0 Å². The number of aromatic nitrogens is 6. The topological polar surface area (TPSA) is 163 Å². The number of likely N-dealkylation sites (tertiary alicyclic amines) is 2. The molecule has 240 valence electrons. The highest BCUT2D eigenvalue weighted by atomic mass is 16.5. The van der Waals surface area contributed by atoms with Gasteiger partial charge in [-0.15, -0.1) is 0 Å². The summed E-state index contributed by atoms with van der Waals surface area (Å²) in [4.78, 5) is 49.0. The molecule has 4 aliphatic rings. The second kappa shape index (κ2) is 10.5. The van der Waals surface area contributed by atoms with E-state index in [2.05, 4.69) is 31.2 Å². The molecule has 2 saturated heterocycles. The number of carbonyl (C=O) groups is 2. The van der Waals surface area contributed by atoms with Crippen molar-refractivity contribution in [2.24, 2.45) is 17.6 Å². The second-order valence-corrected chi connectivity index (χ2v) is 13.5. The zero-order valence-corrected chi connectivity index (χ0v) is 26.1. The van der Waals surface area contributed by atoms with E-state index < -0.39 is 0 Å². The normalized spacial score (nSPS) is 22.4. The number of fused-ring (bicyclic) bond motifs is 4. The largest absolute Gasteiger partial charge is 0.494 e. The minimum Gasteiger partial charge on any atom is -0.494 e. The molecular formula is C34H36N10O3. The third-order valence-corrected chi connectivity index (χ3v) is 10.6. The highest BCUT2D eigenvalue weighted by Crippen LogP contribution is 2.42. The maximum Gasteiger partial charge on any atom is 0.272 e. The monoisotopic (exact) mass is 632 g/mol. The van der Waals surface area contributed by atoms with Crippen LogP contribution in [0.15, 0.2) is 48.8 Å². The van der Waals surface area contributed by atoms with Crippen molar-refractivity contribution >= 4 is 39.8 Å². The molecular weight excluding hydrogens is 596 g/mol. The first kappa shape index (κ1) is 28.2. The number of ether oxygens (including phenoxy) is 1. The number of imidazole rings is 1. The van der Waals surface area contributed by atoms with Crippen LogP contribution in [0, 0.1) is 11.8 Å². The number of piperidine rings is 1. The van der Waals surface area contributed by atoms with Crippen LogP contribution in [0.3, 0.4) is 0 Å². The number of hydrogen-bond donors (Lipinski definition) is 2. The Hall–Kier alpha value is -5.04. The molecule has 13 heteroatoms. The molecule has 6 heterocycles. The minimum absolute atomic E-state index is 0.0282. The molecule has 1 aromatic carbocycles. The first-order valence-corrected chi connectivity index (χ1v) is 16.4. The van der Waals surface area contributed by atoms with E-state index in [4.69, 9.17) is 26.2 Å². The van der Waals surface area contributed by atoms with E-state index in [9.17, 15) is 9.59 Å². The van der Waals surface area contributed by atoms with Crippen LogP contribution in [-0.4, -0.2) is 89.5 Å². The average Bonchev–Trinajstić information content (AvgIpc) is 3.40. The number of nitrogens with two attached hydrogens (primary N) is 2. The Morgan fingerprint density at radius 3 is 2.55 bits per heavy atom. The lowest BCUT2D eigenvalue weighted by atomic mass is 10.1. The van der Waals surface area contributed by atoms with Crippen LogP contribution in [0.25, 0.3) is 33.6 Å². The molecule has 2 aliphatic heterocycles. The summed E-state index contributed by atoms with van der Waals surface area (Å²) in [5.74, 6) is 2.09. The molecule has 2 saturated carbocycles. The summed E-state index contributed by atoms with van der Waals surface area (Å²) in [6, 6.07) is 11.5. The third kappa shape index (κ3) is 4.47. The van der Waals surface area contributed by atoms with Crippen molar-refractivity contribution in [2.45, 2.75) is 50.4 Å². The van der Waals surface area contributed by atoms with Gasteiger partial charge in [0.15, 0.2) is 5.82 Å². The fourth-order valence-corrected chi connectivity index (χ4v) is 7.91. The molecule has 2 amide bonds. The standard InChI is InChI=1S/C34H36N10O3/c1-47-27-13-21(32(45)43-15-20-6-7-25(43)28(20)35)11-24-29(27)44(22-16-41(17-22)33(46)23-8-10-38-34(36)40-23)31(39-24)26-12-19-3-2-9-37-30(19)42(26)14-18-4-5-18/h2-3,8-13,18,20,22,25,28H,4-7,14-17,35H2,1H3,(H2,36,38,40)/t20-,25-,28-/m1/s1. The lowest BCUT2D eigenvalue weighted by Gasteiger charge is -2.40. The summed E-state index contributed by atoms with van der Waals surface area (Å²) in [5.41, 5.74) is 16.4. The van der Waals surface area contributed by atoms with Crippen LogP contribution in [0.5, 0.6) is 5.75 Å². The van der Waals surface area contributed by atoms with Gasteiger partial charge in [-0.1, -0.05) is 0 Å². The Morgan fingerprint density at radius 2 is 1.83 bits per heavy atom. The molecule has 4 aromatic heterocycles. The number of nitrogens with zero attached hydrogens (tertiary/aromatic N) is 8. The fourth-order valence-electron chi connectivity index (χ4n) is 7.91. The van der Waals surface area contributed by atoms with Crippen LogP contribution in [0.4, 0.5) is 5.95 Å². The summed E-state index contributed by atoms with van der Waals surface area (Å²) in [7, 11) is 1.62. The van der Waals surface area contributed by atoms with Crippen LogP contribution < -0.4 is 16.2 Å². The molecule has 3 atom stereocenters. The highest BCUT2D eigenvalue weighted by Gasteiger charge is 2.47. The van der Waals surface area contributed by atoms with E-state index in [1.807, 2.05) is 29.3 Å². The van der Waals surface area contributed by atoms with Gasteiger partial charge in [-0.2, -0.15) is 0 Å². The molecule has 9 rings (SSSR count). The molecule has 0 radical (unpaired) electrons. The SMILES string of the molecule is COc1cc(C(=O)N2C[C@H]3CC[C@@H]2[C@@H]3N)cc2nc(-c3cc4cccnc4n3CC3CC3)n(C3CN(C(=O)c4ccnc(N)n4)C3)c12. The number of hydrogen-bond acceptors (Lipinski definition) is 9. The van der Waals surface area contributed by atoms with Gasteiger partial charge in [-0.05, 0) is 73.9 Å². The number of benzene rings is 1. The Morgan fingerprint density at radius 1 is 0.979 bits per heavy atom. The molecule has 0 unspecified atom stereocenters. The van der Waals surface area contributed by atoms with E-state index in [0.717, 1.165) is 47.5 Å². The van der Waals surface area contributed by atoms with Gasteiger partial charge in [0.2, 0.25) is 5.95 Å². The van der Waals surface area contributed by atoms with Crippen molar-refractivity contribution < 1.29 is 14.3 Å². The zero-order valence-electron chi connectivity index (χ0n) is 26.1. The predicted molar refractivity (Wildman–Crippen MR) is 175 cm³/mol. The van der Waals surface area contributed by atoms with E-state index in [0.29, 0.717) is 48.3 Å². The van der Waals surface area contributed by atoms with Gasteiger partial charge in [0.05, 0.1) is 24.4 Å². The van der Waals surface area contributed by atoms with E-state index >= 15 is 0 Å². The van der Waals surface area contributed by atoms with Crippen molar-refractivity contribution in [1.29, 1.82) is 0 Å². The Labute approximate surface area is 270 Å². The van der Waals surface area contributed by atoms with Crippen molar-refractivity contribution in [3.8, 4) is 17.3 Å². The number of nitrogen functional groups attached to an aromatic ring is 1. The smallest absolute Gasteiger partial charge is 0.272 e. The quantitative estimate of drug-likeness (QED) is 0.274. The lowest BCUT2D eigenvalue weighted by molar-refractivity contribution is 0.0521. The molecule has 2 bridgehead atoms. The van der Waals surface area contributed by atoms with Gasteiger partial charge in [0.25, 0.3) is 11.8 Å². The number of pyridine rings is 1. The summed E-state index contributed by atoms with van der Waals surface area (Å²) >= 11 is 0. The number of rotatable bonds is 7. The van der Waals surface area contributed by atoms with Gasteiger partial charge < -0.3 is 35.1 Å². The number of carbonyl (C=O) groups excluding carboxylic acids is 2. The zero-order chi connectivity index (χ0) is 32.0. The van der Waals surface area contributed by atoms with Gasteiger partial charge >= 0.3 is 0 Å². The van der Waals surface area contributed by atoms with Crippen LogP contribution in [0.1, 0.15) is 52.6 Å². The summed E-state index contributed by atoms with van der Waals surface area (Å²) in [5, 5.41) is 1.04. The number of anilines is 1. The Balaban J connectivity index is 1.16.